The molecule has 4 heteroatoms. The first kappa shape index (κ1) is 9.93. The Morgan fingerprint density at radius 2 is 2.36 bits per heavy atom. The summed E-state index contributed by atoms with van der Waals surface area (Å²) in [6.45, 7) is 3.02. The van der Waals surface area contributed by atoms with Crippen LogP contribution in [0.15, 0.2) is 0 Å². The van der Waals surface area contributed by atoms with Gasteiger partial charge in [-0.2, -0.15) is 0 Å². The first-order valence-electron chi connectivity index (χ1n) is 5.48. The summed E-state index contributed by atoms with van der Waals surface area (Å²) >= 11 is 0. The molecule has 14 heavy (non-hydrogen) atoms. The Labute approximate surface area is 85.0 Å². The zero-order chi connectivity index (χ0) is 9.97. The van der Waals surface area contributed by atoms with Crippen molar-refractivity contribution in [2.45, 2.75) is 31.3 Å². The van der Waals surface area contributed by atoms with Gasteiger partial charge in [-0.25, -0.2) is 0 Å². The monoisotopic (exact) mass is 197 g/mol. The van der Waals surface area contributed by atoms with Crippen molar-refractivity contribution >= 4 is 5.91 Å². The van der Waals surface area contributed by atoms with Crippen LogP contribution >= 0.6 is 0 Å². The minimum absolute atomic E-state index is 0.121. The first-order valence-corrected chi connectivity index (χ1v) is 5.48. The van der Waals surface area contributed by atoms with Gasteiger partial charge >= 0.3 is 0 Å². The Kier molecular flexibility index (Phi) is 3.03. The minimum Gasteiger partial charge on any atom is -0.351 e. The van der Waals surface area contributed by atoms with Crippen LogP contribution in [0, 0.1) is 0 Å². The molecular formula is C10H19N3O. The lowest BCUT2D eigenvalue weighted by atomic mass is 10.2. The maximum absolute atomic E-state index is 11.8. The molecule has 80 valence electrons. The van der Waals surface area contributed by atoms with E-state index in [0.717, 1.165) is 38.9 Å². The number of carbonyl (C=O) groups is 1. The Bertz CT molecular complexity index is 213. The zero-order valence-corrected chi connectivity index (χ0v) is 8.75. The van der Waals surface area contributed by atoms with Crippen molar-refractivity contribution in [2.24, 2.45) is 0 Å². The van der Waals surface area contributed by atoms with Gasteiger partial charge in [0.05, 0.1) is 6.04 Å². The summed E-state index contributed by atoms with van der Waals surface area (Å²) in [7, 11) is 2.03. The molecule has 0 aromatic carbocycles. The lowest BCUT2D eigenvalue weighted by Gasteiger charge is -2.20. The van der Waals surface area contributed by atoms with E-state index in [0.29, 0.717) is 6.04 Å². The van der Waals surface area contributed by atoms with Gasteiger partial charge in [-0.15, -0.1) is 0 Å². The van der Waals surface area contributed by atoms with E-state index in [9.17, 15) is 4.79 Å². The predicted octanol–water partition coefficient (Wildman–Crippen LogP) is -0.441. The molecule has 0 saturated carbocycles. The lowest BCUT2D eigenvalue weighted by Crippen LogP contribution is -2.46. The largest absolute Gasteiger partial charge is 0.351 e. The third-order valence-corrected chi connectivity index (χ3v) is 3.23. The van der Waals surface area contributed by atoms with Crippen LogP contribution in [-0.2, 0) is 4.79 Å². The summed E-state index contributed by atoms with van der Waals surface area (Å²) in [6.07, 6.45) is 3.24. The molecule has 0 aromatic rings. The molecule has 2 saturated heterocycles. The smallest absolute Gasteiger partial charge is 0.237 e. The fourth-order valence-electron chi connectivity index (χ4n) is 2.32. The first-order chi connectivity index (χ1) is 6.77. The number of carbonyl (C=O) groups excluding carboxylic acids is 1. The van der Waals surface area contributed by atoms with Crippen LogP contribution in [0.2, 0.25) is 0 Å². The highest BCUT2D eigenvalue weighted by molar-refractivity contribution is 5.82. The molecule has 0 aromatic heterocycles. The second-order valence-electron chi connectivity index (χ2n) is 4.34. The van der Waals surface area contributed by atoms with Crippen LogP contribution in [-0.4, -0.2) is 49.6 Å². The number of likely N-dealkylation sites (tertiary alicyclic amines) is 1. The number of hydrogen-bond acceptors (Lipinski definition) is 3. The van der Waals surface area contributed by atoms with E-state index in [-0.39, 0.29) is 11.9 Å². The van der Waals surface area contributed by atoms with Crippen LogP contribution in [0.5, 0.6) is 0 Å². The van der Waals surface area contributed by atoms with E-state index in [2.05, 4.69) is 15.5 Å². The molecule has 2 fully saturated rings. The van der Waals surface area contributed by atoms with Gasteiger partial charge in [0.2, 0.25) is 5.91 Å². The Balaban J connectivity index is 1.82. The van der Waals surface area contributed by atoms with Gasteiger partial charge in [0, 0.05) is 12.6 Å². The quantitative estimate of drug-likeness (QED) is 0.631. The van der Waals surface area contributed by atoms with Crippen LogP contribution in [0.4, 0.5) is 0 Å². The molecule has 2 aliphatic rings. The van der Waals surface area contributed by atoms with E-state index in [1.807, 2.05) is 7.05 Å². The SMILES string of the molecule is CN1CCC[C@@H]1C(=O)N[C@H]1CCNC1. The fraction of sp³-hybridized carbons (Fsp3) is 0.900. The molecule has 0 unspecified atom stereocenters. The van der Waals surface area contributed by atoms with Crippen molar-refractivity contribution in [3.05, 3.63) is 0 Å². The van der Waals surface area contributed by atoms with E-state index in [4.69, 9.17) is 0 Å². The maximum Gasteiger partial charge on any atom is 0.237 e. The molecule has 0 aliphatic carbocycles. The number of likely N-dealkylation sites (N-methyl/N-ethyl adjacent to an activating group) is 1. The molecule has 0 radical (unpaired) electrons. The Morgan fingerprint density at radius 1 is 1.50 bits per heavy atom. The van der Waals surface area contributed by atoms with E-state index >= 15 is 0 Å². The molecule has 2 N–H and O–H groups in total. The van der Waals surface area contributed by atoms with Gasteiger partial charge < -0.3 is 10.6 Å². The number of nitrogens with one attached hydrogen (secondary N) is 2. The van der Waals surface area contributed by atoms with E-state index < -0.39 is 0 Å². The van der Waals surface area contributed by atoms with Crippen molar-refractivity contribution in [1.82, 2.24) is 15.5 Å². The van der Waals surface area contributed by atoms with Crippen molar-refractivity contribution in [1.29, 1.82) is 0 Å². The van der Waals surface area contributed by atoms with Gasteiger partial charge in [0.25, 0.3) is 0 Å². The molecule has 2 aliphatic heterocycles. The Hall–Kier alpha value is -0.610. The molecule has 0 bridgehead atoms. The summed E-state index contributed by atoms with van der Waals surface area (Å²) < 4.78 is 0. The molecule has 4 nitrogen and oxygen atoms in total. The summed E-state index contributed by atoms with van der Waals surface area (Å²) in [5.74, 6) is 0.221. The van der Waals surface area contributed by atoms with Crippen LogP contribution in [0.3, 0.4) is 0 Å². The average molecular weight is 197 g/mol. The number of rotatable bonds is 2. The van der Waals surface area contributed by atoms with Crippen LogP contribution < -0.4 is 10.6 Å². The molecular weight excluding hydrogens is 178 g/mol. The average Bonchev–Trinajstić information content (AvgIpc) is 2.75. The van der Waals surface area contributed by atoms with E-state index in [1.54, 1.807) is 0 Å². The zero-order valence-electron chi connectivity index (χ0n) is 8.75. The number of amides is 1. The minimum atomic E-state index is 0.121. The molecule has 2 atom stereocenters. The summed E-state index contributed by atoms with van der Waals surface area (Å²) in [4.78, 5) is 14.0. The topological polar surface area (TPSA) is 44.4 Å². The van der Waals surface area contributed by atoms with Crippen LogP contribution in [0.1, 0.15) is 19.3 Å². The van der Waals surface area contributed by atoms with Gasteiger partial charge in [-0.05, 0) is 39.4 Å². The summed E-state index contributed by atoms with van der Waals surface area (Å²) in [5.41, 5.74) is 0. The molecule has 1 amide bonds. The summed E-state index contributed by atoms with van der Waals surface area (Å²) in [6, 6.07) is 0.479. The Morgan fingerprint density at radius 3 is 2.93 bits per heavy atom. The van der Waals surface area contributed by atoms with Gasteiger partial charge in [-0.3, -0.25) is 9.69 Å². The molecule has 2 heterocycles. The van der Waals surface area contributed by atoms with Crippen molar-refractivity contribution < 1.29 is 4.79 Å². The predicted molar refractivity (Wildman–Crippen MR) is 55.1 cm³/mol. The van der Waals surface area contributed by atoms with Crippen molar-refractivity contribution in [3.63, 3.8) is 0 Å². The third-order valence-electron chi connectivity index (χ3n) is 3.23. The second-order valence-corrected chi connectivity index (χ2v) is 4.34. The molecule has 2 rings (SSSR count). The number of nitrogens with zero attached hydrogens (tertiary/aromatic N) is 1. The van der Waals surface area contributed by atoms with Crippen LogP contribution in [0.25, 0.3) is 0 Å². The van der Waals surface area contributed by atoms with Crippen molar-refractivity contribution in [3.8, 4) is 0 Å². The fourth-order valence-corrected chi connectivity index (χ4v) is 2.32. The highest BCUT2D eigenvalue weighted by Gasteiger charge is 2.29. The number of hydrogen-bond donors (Lipinski definition) is 2. The van der Waals surface area contributed by atoms with Gasteiger partial charge in [0.15, 0.2) is 0 Å². The normalized spacial score (nSPS) is 33.5. The van der Waals surface area contributed by atoms with Gasteiger partial charge in [-0.1, -0.05) is 0 Å². The van der Waals surface area contributed by atoms with Gasteiger partial charge in [0.1, 0.15) is 0 Å². The summed E-state index contributed by atoms with van der Waals surface area (Å²) in [5, 5.41) is 6.36. The maximum atomic E-state index is 11.8. The highest BCUT2D eigenvalue weighted by Crippen LogP contribution is 2.15. The standard InChI is InChI=1S/C10H19N3O/c1-13-6-2-3-9(13)10(14)12-8-4-5-11-7-8/h8-9,11H,2-7H2,1H3,(H,12,14)/t8-,9+/m0/s1. The lowest BCUT2D eigenvalue weighted by molar-refractivity contribution is -0.125. The van der Waals surface area contributed by atoms with Crippen molar-refractivity contribution in [2.75, 3.05) is 26.7 Å². The highest BCUT2D eigenvalue weighted by atomic mass is 16.2. The second kappa shape index (κ2) is 4.28. The van der Waals surface area contributed by atoms with E-state index in [1.165, 1.54) is 0 Å². The molecule has 0 spiro atoms. The third kappa shape index (κ3) is 2.07.